The van der Waals surface area contributed by atoms with Gasteiger partial charge in [0, 0.05) is 11.8 Å². The van der Waals surface area contributed by atoms with E-state index in [-0.39, 0.29) is 28.8 Å². The second-order valence-electron chi connectivity index (χ2n) is 3.72. The molecule has 0 amide bonds. The van der Waals surface area contributed by atoms with Crippen LogP contribution in [0.3, 0.4) is 0 Å². The SMILES string of the molecule is CCC(=O)c1cc(C(O)C(O)CBr)ccc1O. The summed E-state index contributed by atoms with van der Waals surface area (Å²) in [6, 6.07) is 4.25. The lowest BCUT2D eigenvalue weighted by atomic mass is 9.99. The number of phenolic OH excluding ortho intramolecular Hbond substituents is 1. The van der Waals surface area contributed by atoms with Gasteiger partial charge in [-0.3, -0.25) is 4.79 Å². The predicted octanol–water partition coefficient (Wildman–Crippen LogP) is 1.77. The van der Waals surface area contributed by atoms with E-state index in [0.29, 0.717) is 5.56 Å². The molecule has 0 saturated heterocycles. The number of phenols is 1. The monoisotopic (exact) mass is 302 g/mol. The topological polar surface area (TPSA) is 77.8 Å². The molecule has 3 N–H and O–H groups in total. The van der Waals surface area contributed by atoms with E-state index in [9.17, 15) is 20.1 Å². The molecular formula is C12H15BrO4. The van der Waals surface area contributed by atoms with E-state index < -0.39 is 12.2 Å². The van der Waals surface area contributed by atoms with Crippen LogP contribution in [0.5, 0.6) is 5.75 Å². The van der Waals surface area contributed by atoms with E-state index >= 15 is 0 Å². The highest BCUT2D eigenvalue weighted by atomic mass is 79.9. The number of carbonyl (C=O) groups excluding carboxylic acids is 1. The standard InChI is InChI=1S/C12H15BrO4/c1-2-9(14)8-5-7(3-4-10(8)15)12(17)11(16)6-13/h3-5,11-12,15-17H,2,6H2,1H3. The first-order valence-corrected chi connectivity index (χ1v) is 6.41. The maximum Gasteiger partial charge on any atom is 0.166 e. The average molecular weight is 303 g/mol. The summed E-state index contributed by atoms with van der Waals surface area (Å²) < 4.78 is 0. The van der Waals surface area contributed by atoms with Gasteiger partial charge in [-0.1, -0.05) is 28.9 Å². The summed E-state index contributed by atoms with van der Waals surface area (Å²) in [4.78, 5) is 11.5. The zero-order valence-electron chi connectivity index (χ0n) is 9.43. The smallest absolute Gasteiger partial charge is 0.166 e. The van der Waals surface area contributed by atoms with Gasteiger partial charge in [0.25, 0.3) is 0 Å². The molecule has 5 heteroatoms. The second kappa shape index (κ2) is 6.14. The highest BCUT2D eigenvalue weighted by Crippen LogP contribution is 2.25. The third-order valence-corrected chi connectivity index (χ3v) is 3.17. The fourth-order valence-electron chi connectivity index (χ4n) is 1.46. The number of alkyl halides is 1. The molecule has 0 radical (unpaired) electrons. The minimum atomic E-state index is -1.08. The van der Waals surface area contributed by atoms with Gasteiger partial charge in [0.05, 0.1) is 11.7 Å². The van der Waals surface area contributed by atoms with Crippen LogP contribution in [-0.2, 0) is 0 Å². The number of carbonyl (C=O) groups is 1. The molecule has 4 nitrogen and oxygen atoms in total. The molecule has 1 aromatic rings. The van der Waals surface area contributed by atoms with Crippen molar-refractivity contribution in [3.05, 3.63) is 29.3 Å². The Kier molecular flexibility index (Phi) is 5.11. The number of aliphatic hydroxyl groups excluding tert-OH is 2. The van der Waals surface area contributed by atoms with Crippen LogP contribution in [-0.4, -0.2) is 32.5 Å². The predicted molar refractivity (Wildman–Crippen MR) is 67.5 cm³/mol. The van der Waals surface area contributed by atoms with Gasteiger partial charge >= 0.3 is 0 Å². The summed E-state index contributed by atoms with van der Waals surface area (Å²) in [5.74, 6) is -0.314. The van der Waals surface area contributed by atoms with Crippen molar-refractivity contribution in [2.45, 2.75) is 25.6 Å². The molecule has 94 valence electrons. The number of hydrogen-bond donors (Lipinski definition) is 3. The third-order valence-electron chi connectivity index (χ3n) is 2.51. The van der Waals surface area contributed by atoms with Crippen LogP contribution in [0.25, 0.3) is 0 Å². The van der Waals surface area contributed by atoms with Gasteiger partial charge in [0.1, 0.15) is 11.9 Å². The van der Waals surface area contributed by atoms with Crippen LogP contribution in [0, 0.1) is 0 Å². The van der Waals surface area contributed by atoms with Crippen molar-refractivity contribution < 1.29 is 20.1 Å². The Balaban J connectivity index is 3.08. The van der Waals surface area contributed by atoms with Crippen LogP contribution >= 0.6 is 15.9 Å². The van der Waals surface area contributed by atoms with E-state index in [1.165, 1.54) is 18.2 Å². The lowest BCUT2D eigenvalue weighted by Crippen LogP contribution is -2.19. The zero-order chi connectivity index (χ0) is 13.0. The van der Waals surface area contributed by atoms with E-state index in [1.807, 2.05) is 0 Å². The molecule has 0 aliphatic carbocycles. The number of hydrogen-bond acceptors (Lipinski definition) is 4. The number of aliphatic hydroxyl groups is 2. The molecule has 0 fully saturated rings. The molecule has 1 rings (SSSR count). The van der Waals surface area contributed by atoms with Crippen LogP contribution in [0.4, 0.5) is 0 Å². The molecule has 0 spiro atoms. The van der Waals surface area contributed by atoms with Crippen LogP contribution < -0.4 is 0 Å². The van der Waals surface area contributed by atoms with Crippen molar-refractivity contribution in [1.29, 1.82) is 0 Å². The average Bonchev–Trinajstić information content (AvgIpc) is 2.36. The molecule has 0 heterocycles. The van der Waals surface area contributed by atoms with Crippen molar-refractivity contribution >= 4 is 21.7 Å². The molecule has 0 saturated carbocycles. The number of aromatic hydroxyl groups is 1. The fourth-order valence-corrected chi connectivity index (χ4v) is 1.81. The van der Waals surface area contributed by atoms with Gasteiger partial charge in [-0.25, -0.2) is 0 Å². The Morgan fingerprint density at radius 1 is 1.41 bits per heavy atom. The first kappa shape index (κ1) is 14.2. The van der Waals surface area contributed by atoms with Crippen molar-refractivity contribution in [1.82, 2.24) is 0 Å². The first-order valence-electron chi connectivity index (χ1n) is 5.29. The maximum atomic E-state index is 11.5. The number of Topliss-reactive ketones (excluding diaryl/α,β-unsaturated/α-hetero) is 1. The van der Waals surface area contributed by atoms with Crippen LogP contribution in [0.15, 0.2) is 18.2 Å². The molecule has 2 atom stereocenters. The van der Waals surface area contributed by atoms with E-state index in [4.69, 9.17) is 0 Å². The zero-order valence-corrected chi connectivity index (χ0v) is 11.0. The first-order chi connectivity index (χ1) is 8.01. The number of ketones is 1. The van der Waals surface area contributed by atoms with Gasteiger partial charge in [-0.2, -0.15) is 0 Å². The van der Waals surface area contributed by atoms with Gasteiger partial charge in [0.2, 0.25) is 0 Å². The fraction of sp³-hybridized carbons (Fsp3) is 0.417. The highest BCUT2D eigenvalue weighted by Gasteiger charge is 2.19. The Morgan fingerprint density at radius 2 is 2.06 bits per heavy atom. The van der Waals surface area contributed by atoms with Crippen LogP contribution in [0.2, 0.25) is 0 Å². The van der Waals surface area contributed by atoms with Crippen molar-refractivity contribution in [2.75, 3.05) is 5.33 Å². The summed E-state index contributed by atoms with van der Waals surface area (Å²) in [7, 11) is 0. The minimum Gasteiger partial charge on any atom is -0.507 e. The molecule has 0 aliphatic rings. The molecule has 1 aromatic carbocycles. The summed E-state index contributed by atoms with van der Waals surface area (Å²) in [5, 5.41) is 29.0. The Morgan fingerprint density at radius 3 is 2.59 bits per heavy atom. The molecule has 0 aliphatic heterocycles. The number of rotatable bonds is 5. The summed E-state index contributed by atoms with van der Waals surface area (Å²) in [6.07, 6.45) is -1.77. The van der Waals surface area contributed by atoms with Gasteiger partial charge in [-0.05, 0) is 17.7 Å². The van der Waals surface area contributed by atoms with Gasteiger partial charge in [0.15, 0.2) is 5.78 Å². The quantitative estimate of drug-likeness (QED) is 0.572. The number of benzene rings is 1. The van der Waals surface area contributed by atoms with Crippen molar-refractivity contribution in [2.24, 2.45) is 0 Å². The third kappa shape index (κ3) is 3.28. The van der Waals surface area contributed by atoms with E-state index in [1.54, 1.807) is 6.92 Å². The van der Waals surface area contributed by atoms with E-state index in [2.05, 4.69) is 15.9 Å². The van der Waals surface area contributed by atoms with Gasteiger partial charge in [-0.15, -0.1) is 0 Å². The normalized spacial score (nSPS) is 14.4. The summed E-state index contributed by atoms with van der Waals surface area (Å²) in [5.41, 5.74) is 0.581. The minimum absolute atomic E-state index is 0.110. The molecule has 2 unspecified atom stereocenters. The van der Waals surface area contributed by atoms with Gasteiger partial charge < -0.3 is 15.3 Å². The Hall–Kier alpha value is -0.910. The highest BCUT2D eigenvalue weighted by molar-refractivity contribution is 9.09. The van der Waals surface area contributed by atoms with Crippen molar-refractivity contribution in [3.63, 3.8) is 0 Å². The summed E-state index contributed by atoms with van der Waals surface area (Å²) >= 11 is 3.06. The second-order valence-corrected chi connectivity index (χ2v) is 4.37. The molecular weight excluding hydrogens is 288 g/mol. The van der Waals surface area contributed by atoms with Crippen molar-refractivity contribution in [3.8, 4) is 5.75 Å². The lowest BCUT2D eigenvalue weighted by Gasteiger charge is -2.16. The lowest BCUT2D eigenvalue weighted by molar-refractivity contribution is 0.0342. The maximum absolute atomic E-state index is 11.5. The Labute approximate surface area is 108 Å². The molecule has 17 heavy (non-hydrogen) atoms. The molecule has 0 aromatic heterocycles. The van der Waals surface area contributed by atoms with Crippen LogP contribution in [0.1, 0.15) is 35.4 Å². The summed E-state index contributed by atoms with van der Waals surface area (Å²) in [6.45, 7) is 1.69. The van der Waals surface area contributed by atoms with E-state index in [0.717, 1.165) is 0 Å². The number of halogens is 1. The largest absolute Gasteiger partial charge is 0.507 e. The molecule has 0 bridgehead atoms. The Bertz CT molecular complexity index is 405.